The van der Waals surface area contributed by atoms with E-state index in [9.17, 15) is 0 Å². The van der Waals surface area contributed by atoms with Crippen LogP contribution in [-0.4, -0.2) is 18.6 Å². The molecule has 1 aromatic heterocycles. The van der Waals surface area contributed by atoms with Crippen LogP contribution < -0.4 is 14.8 Å². The molecule has 1 N–H and O–H groups in total. The lowest BCUT2D eigenvalue weighted by Gasteiger charge is -2.16. The number of hydrogen-bond donors (Lipinski definition) is 1. The molecule has 0 aliphatic rings. The minimum atomic E-state index is -0.0339. The highest BCUT2D eigenvalue weighted by Gasteiger charge is 2.16. The van der Waals surface area contributed by atoms with Gasteiger partial charge in [0.05, 0.1) is 14.2 Å². The summed E-state index contributed by atoms with van der Waals surface area (Å²) in [4.78, 5) is 0. The van der Waals surface area contributed by atoms with Crippen molar-refractivity contribution in [3.63, 3.8) is 0 Å². The fourth-order valence-electron chi connectivity index (χ4n) is 1.87. The number of aromatic nitrogens is 1. The molecule has 0 radical (unpaired) electrons. The van der Waals surface area contributed by atoms with Crippen molar-refractivity contribution < 1.29 is 9.47 Å². The van der Waals surface area contributed by atoms with E-state index in [1.165, 1.54) is 11.5 Å². The minimum absolute atomic E-state index is 0.0339. The van der Waals surface area contributed by atoms with Crippen molar-refractivity contribution >= 4 is 28.1 Å². The maximum absolute atomic E-state index is 9.08. The first-order valence-electron chi connectivity index (χ1n) is 6.14. The van der Waals surface area contributed by atoms with E-state index in [1.54, 1.807) is 14.2 Å². The van der Waals surface area contributed by atoms with Crippen LogP contribution in [0.15, 0.2) is 18.2 Å². The van der Waals surface area contributed by atoms with E-state index in [0.717, 1.165) is 5.56 Å². The Morgan fingerprint density at radius 1 is 1.33 bits per heavy atom. The zero-order valence-corrected chi connectivity index (χ0v) is 13.4. The zero-order valence-electron chi connectivity index (χ0n) is 11.8. The van der Waals surface area contributed by atoms with E-state index >= 15 is 0 Å². The predicted octanol–water partition coefficient (Wildman–Crippen LogP) is 3.86. The molecule has 0 aliphatic carbocycles. The SMILES string of the molecule is COc1ccc(C(C)Nc2snc(Cl)c2C#N)cc1OC. The van der Waals surface area contributed by atoms with Gasteiger partial charge in [-0.3, -0.25) is 0 Å². The lowest BCUT2D eigenvalue weighted by molar-refractivity contribution is 0.354. The van der Waals surface area contributed by atoms with Crippen LogP contribution in [0.4, 0.5) is 5.00 Å². The highest BCUT2D eigenvalue weighted by atomic mass is 35.5. The number of nitrogens with one attached hydrogen (secondary N) is 1. The first-order chi connectivity index (χ1) is 10.1. The van der Waals surface area contributed by atoms with E-state index in [0.29, 0.717) is 22.1 Å². The summed E-state index contributed by atoms with van der Waals surface area (Å²) in [7, 11) is 3.19. The van der Waals surface area contributed by atoms with Gasteiger partial charge in [-0.1, -0.05) is 17.7 Å². The van der Waals surface area contributed by atoms with Crippen LogP contribution in [0, 0.1) is 11.3 Å². The average molecular weight is 324 g/mol. The monoisotopic (exact) mass is 323 g/mol. The first-order valence-corrected chi connectivity index (χ1v) is 7.29. The molecule has 0 fully saturated rings. The average Bonchev–Trinajstić information content (AvgIpc) is 2.86. The summed E-state index contributed by atoms with van der Waals surface area (Å²) in [6.45, 7) is 1.98. The molecule has 1 atom stereocenters. The third-order valence-electron chi connectivity index (χ3n) is 3.02. The lowest BCUT2D eigenvalue weighted by Crippen LogP contribution is -2.07. The number of anilines is 1. The van der Waals surface area contributed by atoms with E-state index in [2.05, 4.69) is 15.8 Å². The molecular weight excluding hydrogens is 310 g/mol. The number of benzene rings is 1. The molecule has 0 amide bonds. The number of methoxy groups -OCH3 is 2. The topological polar surface area (TPSA) is 67.2 Å². The van der Waals surface area contributed by atoms with Gasteiger partial charge in [-0.2, -0.15) is 9.64 Å². The van der Waals surface area contributed by atoms with Crippen LogP contribution in [0.2, 0.25) is 5.15 Å². The van der Waals surface area contributed by atoms with E-state index in [-0.39, 0.29) is 11.2 Å². The Kier molecular flexibility index (Phi) is 4.89. The summed E-state index contributed by atoms with van der Waals surface area (Å²) in [6.07, 6.45) is 0. The van der Waals surface area contributed by atoms with Crippen molar-refractivity contribution in [3.8, 4) is 17.6 Å². The van der Waals surface area contributed by atoms with Gasteiger partial charge >= 0.3 is 0 Å². The molecule has 0 saturated heterocycles. The van der Waals surface area contributed by atoms with E-state index in [4.69, 9.17) is 26.3 Å². The molecule has 0 bridgehead atoms. The van der Waals surface area contributed by atoms with Crippen molar-refractivity contribution in [2.45, 2.75) is 13.0 Å². The van der Waals surface area contributed by atoms with Gasteiger partial charge in [0.2, 0.25) is 0 Å². The second kappa shape index (κ2) is 6.66. The molecule has 5 nitrogen and oxygen atoms in total. The van der Waals surface area contributed by atoms with Crippen molar-refractivity contribution in [1.82, 2.24) is 4.37 Å². The Hall–Kier alpha value is -1.97. The van der Waals surface area contributed by atoms with Gasteiger partial charge in [-0.25, -0.2) is 0 Å². The Morgan fingerprint density at radius 2 is 2.05 bits per heavy atom. The molecule has 2 rings (SSSR count). The second-order valence-electron chi connectivity index (χ2n) is 4.27. The summed E-state index contributed by atoms with van der Waals surface area (Å²) in [5.74, 6) is 1.33. The van der Waals surface area contributed by atoms with Gasteiger partial charge in [0, 0.05) is 6.04 Å². The van der Waals surface area contributed by atoms with Gasteiger partial charge in [0.25, 0.3) is 0 Å². The van der Waals surface area contributed by atoms with Crippen LogP contribution in [-0.2, 0) is 0 Å². The molecule has 1 heterocycles. The number of halogens is 1. The van der Waals surface area contributed by atoms with E-state index < -0.39 is 0 Å². The fourth-order valence-corrected chi connectivity index (χ4v) is 2.89. The van der Waals surface area contributed by atoms with Gasteiger partial charge in [-0.05, 0) is 36.2 Å². The molecule has 2 aromatic rings. The number of nitrogens with zero attached hydrogens (tertiary/aromatic N) is 2. The maximum atomic E-state index is 9.08. The highest BCUT2D eigenvalue weighted by Crippen LogP contribution is 2.33. The van der Waals surface area contributed by atoms with Crippen molar-refractivity contribution in [3.05, 3.63) is 34.5 Å². The van der Waals surface area contributed by atoms with Crippen LogP contribution >= 0.6 is 23.1 Å². The lowest BCUT2D eigenvalue weighted by atomic mass is 10.1. The van der Waals surface area contributed by atoms with Crippen LogP contribution in [0.5, 0.6) is 11.5 Å². The van der Waals surface area contributed by atoms with Gasteiger partial charge in [0.1, 0.15) is 16.6 Å². The van der Waals surface area contributed by atoms with Crippen LogP contribution in [0.1, 0.15) is 24.1 Å². The Morgan fingerprint density at radius 3 is 2.67 bits per heavy atom. The Bertz CT molecular complexity index is 681. The zero-order chi connectivity index (χ0) is 15.4. The number of rotatable bonds is 5. The summed E-state index contributed by atoms with van der Waals surface area (Å²) >= 11 is 7.03. The number of nitriles is 1. The molecule has 110 valence electrons. The molecule has 1 unspecified atom stereocenters. The van der Waals surface area contributed by atoms with Crippen LogP contribution in [0.25, 0.3) is 0 Å². The molecule has 0 spiro atoms. The van der Waals surface area contributed by atoms with Gasteiger partial charge in [-0.15, -0.1) is 0 Å². The van der Waals surface area contributed by atoms with Crippen molar-refractivity contribution in [2.75, 3.05) is 19.5 Å². The standard InChI is InChI=1S/C14H14ClN3O2S/c1-8(17-14-10(7-16)13(15)18-21-14)9-4-5-11(19-2)12(6-9)20-3/h4-6,8,17H,1-3H3. The molecule has 0 aliphatic heterocycles. The third-order valence-corrected chi connectivity index (χ3v) is 4.17. The quantitative estimate of drug-likeness (QED) is 0.905. The van der Waals surface area contributed by atoms with Crippen molar-refractivity contribution in [2.24, 2.45) is 0 Å². The summed E-state index contributed by atoms with van der Waals surface area (Å²) in [5, 5.41) is 13.2. The normalized spacial score (nSPS) is 11.6. The minimum Gasteiger partial charge on any atom is -0.493 e. The number of hydrogen-bond acceptors (Lipinski definition) is 6. The molecular formula is C14H14ClN3O2S. The fraction of sp³-hybridized carbons (Fsp3) is 0.286. The van der Waals surface area contributed by atoms with E-state index in [1.807, 2.05) is 25.1 Å². The smallest absolute Gasteiger partial charge is 0.162 e. The van der Waals surface area contributed by atoms with Gasteiger partial charge in [0.15, 0.2) is 16.7 Å². The maximum Gasteiger partial charge on any atom is 0.162 e. The molecule has 21 heavy (non-hydrogen) atoms. The third kappa shape index (κ3) is 3.20. The molecule has 1 aromatic carbocycles. The molecule has 7 heteroatoms. The van der Waals surface area contributed by atoms with Crippen molar-refractivity contribution in [1.29, 1.82) is 5.26 Å². The summed E-state index contributed by atoms with van der Waals surface area (Å²) in [6, 6.07) is 7.69. The number of ether oxygens (including phenoxy) is 2. The first kappa shape index (κ1) is 15.4. The Labute approximate surface area is 132 Å². The predicted molar refractivity (Wildman–Crippen MR) is 83.4 cm³/mol. The summed E-state index contributed by atoms with van der Waals surface area (Å²) < 4.78 is 14.5. The van der Waals surface area contributed by atoms with Crippen LogP contribution in [0.3, 0.4) is 0 Å². The molecule has 0 saturated carbocycles. The van der Waals surface area contributed by atoms with Gasteiger partial charge < -0.3 is 14.8 Å². The second-order valence-corrected chi connectivity index (χ2v) is 5.40. The largest absolute Gasteiger partial charge is 0.493 e. The summed E-state index contributed by atoms with van der Waals surface area (Å²) in [5.41, 5.74) is 1.37. The Balaban J connectivity index is 2.24. The highest BCUT2D eigenvalue weighted by molar-refractivity contribution is 7.10.